The Kier molecular flexibility index (Phi) is 5.65. The van der Waals surface area contributed by atoms with Gasteiger partial charge in [-0.15, -0.1) is 0 Å². The summed E-state index contributed by atoms with van der Waals surface area (Å²) in [6.07, 6.45) is 1.31. The first-order valence-corrected chi connectivity index (χ1v) is 6.87. The topological polar surface area (TPSA) is 93.8 Å². The number of non-ortho nitro benzene ring substituents is 1. The third-order valence-electron chi connectivity index (χ3n) is 2.65. The lowest BCUT2D eigenvalue weighted by atomic mass is 10.2. The number of nitrogens with one attached hydrogen (secondary N) is 1. The Morgan fingerprint density at radius 1 is 1.30 bits per heavy atom. The van der Waals surface area contributed by atoms with Gasteiger partial charge in [-0.2, -0.15) is 5.10 Å². The van der Waals surface area contributed by atoms with Gasteiger partial charge in [-0.3, -0.25) is 14.9 Å². The third-order valence-corrected chi connectivity index (χ3v) is 2.89. The van der Waals surface area contributed by atoms with E-state index in [-0.39, 0.29) is 12.3 Å². The summed E-state index contributed by atoms with van der Waals surface area (Å²) < 4.78 is 5.24. The number of carbonyl (C=O) groups is 1. The van der Waals surface area contributed by atoms with Crippen molar-refractivity contribution in [3.8, 4) is 5.75 Å². The maximum atomic E-state index is 11.6. The zero-order chi connectivity index (χ0) is 16.7. The van der Waals surface area contributed by atoms with E-state index in [1.165, 1.54) is 24.4 Å². The SMILES string of the molecule is O=C(COc1cccc(Cl)c1)N/N=C\c1cccc([N+](=O)[O-])c1. The quantitative estimate of drug-likeness (QED) is 0.499. The van der Waals surface area contributed by atoms with Crippen LogP contribution in [0.5, 0.6) is 5.75 Å². The molecule has 118 valence electrons. The molecule has 0 saturated heterocycles. The van der Waals surface area contributed by atoms with Gasteiger partial charge in [0.25, 0.3) is 11.6 Å². The number of rotatable bonds is 6. The maximum absolute atomic E-state index is 11.6. The summed E-state index contributed by atoms with van der Waals surface area (Å²) in [5, 5.41) is 14.9. The van der Waals surface area contributed by atoms with Gasteiger partial charge in [-0.1, -0.05) is 29.8 Å². The molecule has 1 amide bonds. The molecule has 8 heteroatoms. The fourth-order valence-corrected chi connectivity index (χ4v) is 1.82. The van der Waals surface area contributed by atoms with Gasteiger partial charge in [0.2, 0.25) is 0 Å². The van der Waals surface area contributed by atoms with Crippen LogP contribution in [-0.2, 0) is 4.79 Å². The molecule has 0 aliphatic carbocycles. The van der Waals surface area contributed by atoms with Crippen LogP contribution in [-0.4, -0.2) is 23.7 Å². The highest BCUT2D eigenvalue weighted by Gasteiger charge is 2.04. The molecule has 0 aliphatic heterocycles. The van der Waals surface area contributed by atoms with Gasteiger partial charge < -0.3 is 4.74 Å². The van der Waals surface area contributed by atoms with E-state index in [0.717, 1.165) is 0 Å². The first-order valence-electron chi connectivity index (χ1n) is 6.49. The average molecular weight is 334 g/mol. The van der Waals surface area contributed by atoms with Crippen LogP contribution in [0.1, 0.15) is 5.56 Å². The van der Waals surface area contributed by atoms with Gasteiger partial charge in [-0.05, 0) is 18.2 Å². The summed E-state index contributed by atoms with van der Waals surface area (Å²) in [7, 11) is 0. The number of nitrogens with zero attached hydrogens (tertiary/aromatic N) is 2. The Morgan fingerprint density at radius 2 is 2.09 bits per heavy atom. The zero-order valence-electron chi connectivity index (χ0n) is 11.8. The zero-order valence-corrected chi connectivity index (χ0v) is 12.6. The fourth-order valence-electron chi connectivity index (χ4n) is 1.64. The molecule has 0 heterocycles. The Bertz CT molecular complexity index is 749. The number of hydrazone groups is 1. The van der Waals surface area contributed by atoms with Crippen molar-refractivity contribution in [3.05, 3.63) is 69.2 Å². The molecule has 0 aliphatic rings. The lowest BCUT2D eigenvalue weighted by Crippen LogP contribution is -2.24. The lowest BCUT2D eigenvalue weighted by molar-refractivity contribution is -0.384. The lowest BCUT2D eigenvalue weighted by Gasteiger charge is -2.04. The van der Waals surface area contributed by atoms with Crippen molar-refractivity contribution in [1.29, 1.82) is 0 Å². The standard InChI is InChI=1S/C15H12ClN3O4/c16-12-4-2-6-14(8-12)23-10-15(20)18-17-9-11-3-1-5-13(7-11)19(21)22/h1-9H,10H2,(H,18,20)/b17-9-. The summed E-state index contributed by atoms with van der Waals surface area (Å²) in [5.74, 6) is 0.00182. The minimum absolute atomic E-state index is 0.0513. The van der Waals surface area contributed by atoms with Gasteiger partial charge in [0.05, 0.1) is 11.1 Å². The highest BCUT2D eigenvalue weighted by Crippen LogP contribution is 2.16. The van der Waals surface area contributed by atoms with Crippen LogP contribution in [0.15, 0.2) is 53.6 Å². The van der Waals surface area contributed by atoms with Gasteiger partial charge in [0.1, 0.15) is 5.75 Å². The Morgan fingerprint density at radius 3 is 2.83 bits per heavy atom. The summed E-state index contributed by atoms with van der Waals surface area (Å²) in [6.45, 7) is -0.230. The molecular weight excluding hydrogens is 322 g/mol. The van der Waals surface area contributed by atoms with Gasteiger partial charge in [-0.25, -0.2) is 5.43 Å². The van der Waals surface area contributed by atoms with E-state index in [9.17, 15) is 14.9 Å². The van der Waals surface area contributed by atoms with E-state index in [2.05, 4.69) is 10.5 Å². The minimum atomic E-state index is -0.505. The van der Waals surface area contributed by atoms with Crippen LogP contribution < -0.4 is 10.2 Å². The molecule has 0 spiro atoms. The van der Waals surface area contributed by atoms with Crippen molar-refractivity contribution in [3.63, 3.8) is 0 Å². The summed E-state index contributed by atoms with van der Waals surface area (Å²) in [5.41, 5.74) is 2.71. The van der Waals surface area contributed by atoms with Gasteiger partial charge in [0, 0.05) is 22.7 Å². The number of benzene rings is 2. The molecule has 0 saturated carbocycles. The minimum Gasteiger partial charge on any atom is -0.484 e. The van der Waals surface area contributed by atoms with Crippen LogP contribution in [0.2, 0.25) is 5.02 Å². The van der Waals surface area contributed by atoms with Crippen LogP contribution >= 0.6 is 11.6 Å². The first-order chi connectivity index (χ1) is 11.0. The Hall–Kier alpha value is -2.93. The van der Waals surface area contributed by atoms with E-state index in [0.29, 0.717) is 16.3 Å². The number of halogens is 1. The van der Waals surface area contributed by atoms with E-state index in [1.807, 2.05) is 0 Å². The molecule has 0 bridgehead atoms. The number of ether oxygens (including phenoxy) is 1. The smallest absolute Gasteiger partial charge is 0.277 e. The fraction of sp³-hybridized carbons (Fsp3) is 0.0667. The predicted molar refractivity (Wildman–Crippen MR) is 85.8 cm³/mol. The maximum Gasteiger partial charge on any atom is 0.277 e. The number of nitro benzene ring substituents is 1. The second-order valence-corrected chi connectivity index (χ2v) is 4.83. The second-order valence-electron chi connectivity index (χ2n) is 4.39. The number of amides is 1. The Labute approximate surface area is 136 Å². The summed E-state index contributed by atoms with van der Waals surface area (Å²) >= 11 is 5.79. The predicted octanol–water partition coefficient (Wildman–Crippen LogP) is 2.78. The third kappa shape index (κ3) is 5.40. The average Bonchev–Trinajstić information content (AvgIpc) is 2.53. The molecule has 0 atom stereocenters. The number of carbonyl (C=O) groups excluding carboxylic acids is 1. The van der Waals surface area contributed by atoms with Gasteiger partial charge >= 0.3 is 0 Å². The molecule has 2 aromatic rings. The molecule has 0 unspecified atom stereocenters. The summed E-state index contributed by atoms with van der Waals surface area (Å²) in [4.78, 5) is 21.7. The molecule has 2 aromatic carbocycles. The molecule has 0 aromatic heterocycles. The highest BCUT2D eigenvalue weighted by molar-refractivity contribution is 6.30. The van der Waals surface area contributed by atoms with Crippen LogP contribution in [0.3, 0.4) is 0 Å². The molecule has 23 heavy (non-hydrogen) atoms. The van der Waals surface area contributed by atoms with Crippen molar-refractivity contribution in [2.45, 2.75) is 0 Å². The first kappa shape index (κ1) is 16.4. The molecule has 0 radical (unpaired) electrons. The van der Waals surface area contributed by atoms with Gasteiger partial charge in [0.15, 0.2) is 6.61 Å². The molecule has 2 rings (SSSR count). The van der Waals surface area contributed by atoms with Crippen molar-refractivity contribution in [2.75, 3.05) is 6.61 Å². The van der Waals surface area contributed by atoms with Crippen molar-refractivity contribution >= 4 is 29.4 Å². The van der Waals surface area contributed by atoms with E-state index in [1.54, 1.807) is 30.3 Å². The number of nitro groups is 1. The number of hydrogen-bond donors (Lipinski definition) is 1. The normalized spacial score (nSPS) is 10.5. The van der Waals surface area contributed by atoms with Crippen LogP contribution in [0.25, 0.3) is 0 Å². The van der Waals surface area contributed by atoms with E-state index < -0.39 is 10.8 Å². The highest BCUT2D eigenvalue weighted by atomic mass is 35.5. The van der Waals surface area contributed by atoms with Crippen LogP contribution in [0.4, 0.5) is 5.69 Å². The monoisotopic (exact) mass is 333 g/mol. The number of hydrogen-bond acceptors (Lipinski definition) is 5. The second kappa shape index (κ2) is 7.90. The Balaban J connectivity index is 1.84. The van der Waals surface area contributed by atoms with Crippen molar-refractivity contribution in [2.24, 2.45) is 5.10 Å². The largest absolute Gasteiger partial charge is 0.484 e. The van der Waals surface area contributed by atoms with E-state index >= 15 is 0 Å². The van der Waals surface area contributed by atoms with Crippen LogP contribution in [0, 0.1) is 10.1 Å². The summed E-state index contributed by atoms with van der Waals surface area (Å²) in [6, 6.07) is 12.5. The van der Waals surface area contributed by atoms with Crippen molar-refractivity contribution in [1.82, 2.24) is 5.43 Å². The van der Waals surface area contributed by atoms with E-state index in [4.69, 9.17) is 16.3 Å². The molecule has 0 fully saturated rings. The molecule has 7 nitrogen and oxygen atoms in total. The molecule has 1 N–H and O–H groups in total. The van der Waals surface area contributed by atoms with Crippen molar-refractivity contribution < 1.29 is 14.5 Å². The molecular formula is C15H12ClN3O4.